The minimum Gasteiger partial charge on any atom is -0.371 e. The lowest BCUT2D eigenvalue weighted by Crippen LogP contribution is -2.27. The van der Waals surface area contributed by atoms with E-state index in [9.17, 15) is 9.18 Å². The SMILES string of the molecule is Cc1cc(N2CCCC(F)(c3ccc(F)cc3)CC2)cc(C)c1NC(=O)CC(C)(C)C. The van der Waals surface area contributed by atoms with E-state index >= 15 is 4.39 Å². The molecular weight excluding hydrogens is 394 g/mol. The summed E-state index contributed by atoms with van der Waals surface area (Å²) in [6.07, 6.45) is 1.96. The molecule has 168 valence electrons. The molecule has 1 unspecified atom stereocenters. The Bertz CT molecular complexity index is 910. The van der Waals surface area contributed by atoms with E-state index in [1.807, 2.05) is 34.6 Å². The van der Waals surface area contributed by atoms with Crippen molar-refractivity contribution in [1.29, 1.82) is 0 Å². The molecule has 2 aromatic carbocycles. The molecule has 0 spiro atoms. The molecule has 5 heteroatoms. The molecule has 0 radical (unpaired) electrons. The van der Waals surface area contributed by atoms with Crippen molar-refractivity contribution in [3.63, 3.8) is 0 Å². The lowest BCUT2D eigenvalue weighted by molar-refractivity contribution is -0.117. The van der Waals surface area contributed by atoms with Crippen LogP contribution in [0.2, 0.25) is 0 Å². The molecule has 0 saturated carbocycles. The fourth-order valence-electron chi connectivity index (χ4n) is 4.38. The zero-order valence-corrected chi connectivity index (χ0v) is 19.3. The summed E-state index contributed by atoms with van der Waals surface area (Å²) in [5, 5.41) is 3.07. The third kappa shape index (κ3) is 5.84. The fourth-order valence-corrected chi connectivity index (χ4v) is 4.38. The summed E-state index contributed by atoms with van der Waals surface area (Å²) < 4.78 is 28.9. The third-order valence-corrected chi connectivity index (χ3v) is 5.98. The Morgan fingerprint density at radius 3 is 2.26 bits per heavy atom. The smallest absolute Gasteiger partial charge is 0.224 e. The van der Waals surface area contributed by atoms with Gasteiger partial charge >= 0.3 is 0 Å². The van der Waals surface area contributed by atoms with Crippen molar-refractivity contribution in [3.05, 3.63) is 58.9 Å². The number of carbonyl (C=O) groups is 1. The molecule has 0 aliphatic carbocycles. The molecule has 1 heterocycles. The summed E-state index contributed by atoms with van der Waals surface area (Å²) >= 11 is 0. The lowest BCUT2D eigenvalue weighted by atomic mass is 9.89. The highest BCUT2D eigenvalue weighted by Crippen LogP contribution is 2.38. The average Bonchev–Trinajstić information content (AvgIpc) is 2.86. The van der Waals surface area contributed by atoms with Crippen LogP contribution in [0.15, 0.2) is 36.4 Å². The summed E-state index contributed by atoms with van der Waals surface area (Å²) in [7, 11) is 0. The number of nitrogens with one attached hydrogen (secondary N) is 1. The number of nitrogens with zero attached hydrogens (tertiary/aromatic N) is 1. The zero-order chi connectivity index (χ0) is 22.8. The molecule has 2 aromatic rings. The van der Waals surface area contributed by atoms with Crippen molar-refractivity contribution in [1.82, 2.24) is 0 Å². The Morgan fingerprint density at radius 2 is 1.68 bits per heavy atom. The Morgan fingerprint density at radius 1 is 1.06 bits per heavy atom. The van der Waals surface area contributed by atoms with Gasteiger partial charge in [0.05, 0.1) is 0 Å². The number of carbonyl (C=O) groups excluding carboxylic acids is 1. The highest BCUT2D eigenvalue weighted by atomic mass is 19.1. The van der Waals surface area contributed by atoms with Crippen LogP contribution in [0.4, 0.5) is 20.2 Å². The first-order valence-corrected chi connectivity index (χ1v) is 11.1. The molecule has 1 aliphatic heterocycles. The van der Waals surface area contributed by atoms with Crippen LogP contribution in [0.3, 0.4) is 0 Å². The number of benzene rings is 2. The maximum atomic E-state index is 15.7. The molecule has 1 atom stereocenters. The van der Waals surface area contributed by atoms with E-state index in [-0.39, 0.29) is 17.1 Å². The lowest BCUT2D eigenvalue weighted by Gasteiger charge is -2.27. The molecule has 3 rings (SSSR count). The van der Waals surface area contributed by atoms with Gasteiger partial charge in [0.25, 0.3) is 0 Å². The van der Waals surface area contributed by atoms with Crippen LogP contribution in [0.1, 0.15) is 63.1 Å². The molecule has 1 fully saturated rings. The van der Waals surface area contributed by atoms with E-state index in [0.29, 0.717) is 31.4 Å². The van der Waals surface area contributed by atoms with Gasteiger partial charge in [-0.2, -0.15) is 0 Å². The third-order valence-electron chi connectivity index (χ3n) is 5.98. The molecule has 1 N–H and O–H groups in total. The minimum absolute atomic E-state index is 0.0164. The van der Waals surface area contributed by atoms with E-state index in [0.717, 1.165) is 35.5 Å². The molecule has 0 bridgehead atoms. The Balaban J connectivity index is 1.74. The molecule has 1 saturated heterocycles. The van der Waals surface area contributed by atoms with Gasteiger partial charge in [0.2, 0.25) is 5.91 Å². The highest BCUT2D eigenvalue weighted by molar-refractivity contribution is 5.93. The second-order valence-corrected chi connectivity index (χ2v) is 10.1. The summed E-state index contributed by atoms with van der Waals surface area (Å²) in [6.45, 7) is 11.5. The zero-order valence-electron chi connectivity index (χ0n) is 19.3. The van der Waals surface area contributed by atoms with Gasteiger partial charge in [-0.05, 0) is 73.1 Å². The van der Waals surface area contributed by atoms with Gasteiger partial charge in [-0.3, -0.25) is 4.79 Å². The molecule has 1 amide bonds. The van der Waals surface area contributed by atoms with Crippen molar-refractivity contribution >= 4 is 17.3 Å². The predicted octanol–water partition coefficient (Wildman–Crippen LogP) is 6.67. The predicted molar refractivity (Wildman–Crippen MR) is 124 cm³/mol. The number of hydrogen-bond donors (Lipinski definition) is 1. The van der Waals surface area contributed by atoms with E-state index in [1.165, 1.54) is 12.1 Å². The quantitative estimate of drug-likeness (QED) is 0.590. The van der Waals surface area contributed by atoms with Gasteiger partial charge in [-0.25, -0.2) is 8.78 Å². The van der Waals surface area contributed by atoms with Crippen molar-refractivity contribution in [2.75, 3.05) is 23.3 Å². The van der Waals surface area contributed by atoms with Gasteiger partial charge in [0.15, 0.2) is 0 Å². The first kappa shape index (κ1) is 23.2. The first-order chi connectivity index (χ1) is 14.5. The largest absolute Gasteiger partial charge is 0.371 e. The maximum absolute atomic E-state index is 15.7. The van der Waals surface area contributed by atoms with Crippen LogP contribution in [-0.4, -0.2) is 19.0 Å². The van der Waals surface area contributed by atoms with Gasteiger partial charge < -0.3 is 10.2 Å². The summed E-state index contributed by atoms with van der Waals surface area (Å²) in [5.74, 6) is -0.328. The highest BCUT2D eigenvalue weighted by Gasteiger charge is 2.34. The number of aryl methyl sites for hydroxylation is 2. The normalized spacial score (nSPS) is 19.8. The van der Waals surface area contributed by atoms with E-state index < -0.39 is 5.67 Å². The number of hydrogen-bond acceptors (Lipinski definition) is 2. The van der Waals surface area contributed by atoms with Crippen LogP contribution in [0.25, 0.3) is 0 Å². The van der Waals surface area contributed by atoms with Crippen LogP contribution >= 0.6 is 0 Å². The van der Waals surface area contributed by atoms with Gasteiger partial charge in [0.1, 0.15) is 11.5 Å². The number of alkyl halides is 1. The summed E-state index contributed by atoms with van der Waals surface area (Å²) in [4.78, 5) is 14.6. The number of amides is 1. The van der Waals surface area contributed by atoms with Crippen LogP contribution < -0.4 is 10.2 Å². The van der Waals surface area contributed by atoms with Crippen molar-refractivity contribution in [2.24, 2.45) is 5.41 Å². The number of rotatable bonds is 4. The van der Waals surface area contributed by atoms with E-state index in [1.54, 1.807) is 12.1 Å². The van der Waals surface area contributed by atoms with E-state index in [2.05, 4.69) is 22.3 Å². The molecular formula is C26H34F2N2O. The number of halogens is 2. The van der Waals surface area contributed by atoms with Crippen LogP contribution in [0.5, 0.6) is 0 Å². The average molecular weight is 429 g/mol. The molecule has 31 heavy (non-hydrogen) atoms. The van der Waals surface area contributed by atoms with Crippen LogP contribution in [0, 0.1) is 25.1 Å². The maximum Gasteiger partial charge on any atom is 0.224 e. The summed E-state index contributed by atoms with van der Waals surface area (Å²) in [5.41, 5.74) is 2.97. The topological polar surface area (TPSA) is 32.3 Å². The molecule has 1 aliphatic rings. The van der Waals surface area contributed by atoms with E-state index in [4.69, 9.17) is 0 Å². The molecule has 0 aromatic heterocycles. The second kappa shape index (κ2) is 8.97. The van der Waals surface area contributed by atoms with Gasteiger partial charge in [0, 0.05) is 37.3 Å². The van der Waals surface area contributed by atoms with Crippen LogP contribution in [-0.2, 0) is 10.5 Å². The van der Waals surface area contributed by atoms with Crippen molar-refractivity contribution in [2.45, 2.75) is 66.0 Å². The minimum atomic E-state index is -1.44. The van der Waals surface area contributed by atoms with Gasteiger partial charge in [-0.15, -0.1) is 0 Å². The Labute approximate surface area is 184 Å². The number of anilines is 2. The van der Waals surface area contributed by atoms with Crippen molar-refractivity contribution in [3.8, 4) is 0 Å². The van der Waals surface area contributed by atoms with Gasteiger partial charge in [-0.1, -0.05) is 32.9 Å². The monoisotopic (exact) mass is 428 g/mol. The first-order valence-electron chi connectivity index (χ1n) is 11.1. The summed E-state index contributed by atoms with van der Waals surface area (Å²) in [6, 6.07) is 9.94. The molecule has 3 nitrogen and oxygen atoms in total. The standard InChI is InChI=1S/C26H34F2N2O/c1-18-15-22(16-19(2)24(18)29-23(31)17-25(3,4)5)30-13-6-11-26(28,12-14-30)20-7-9-21(27)10-8-20/h7-10,15-16H,6,11-14,17H2,1-5H3,(H,29,31). The second-order valence-electron chi connectivity index (χ2n) is 10.1. The Hall–Kier alpha value is -2.43. The Kier molecular flexibility index (Phi) is 6.73. The van der Waals surface area contributed by atoms with Crippen molar-refractivity contribution < 1.29 is 13.6 Å². The fraction of sp³-hybridized carbons (Fsp3) is 0.500.